The van der Waals surface area contributed by atoms with Crippen LogP contribution in [0.25, 0.3) is 5.69 Å². The van der Waals surface area contributed by atoms with E-state index in [1.54, 1.807) is 18.2 Å². The van der Waals surface area contributed by atoms with Crippen molar-refractivity contribution in [1.29, 1.82) is 0 Å². The summed E-state index contributed by atoms with van der Waals surface area (Å²) < 4.78 is 20.8. The van der Waals surface area contributed by atoms with Crippen molar-refractivity contribution in [3.63, 3.8) is 0 Å². The maximum atomic E-state index is 14.3. The SMILES string of the molecule is COc1cc(C(=O)N[C@@H](CC(=O)NCC(C)C)c2ccccc2C)nn1-c1ccccc1F. The van der Waals surface area contributed by atoms with Crippen molar-refractivity contribution < 1.29 is 18.7 Å². The first-order valence-electron chi connectivity index (χ1n) is 10.8. The van der Waals surface area contributed by atoms with E-state index in [-0.39, 0.29) is 29.6 Å². The van der Waals surface area contributed by atoms with Gasteiger partial charge >= 0.3 is 0 Å². The third-order valence-electron chi connectivity index (χ3n) is 5.17. The predicted octanol–water partition coefficient (Wildman–Crippen LogP) is 3.96. The Hall–Kier alpha value is -3.68. The molecule has 0 saturated heterocycles. The van der Waals surface area contributed by atoms with Crippen molar-refractivity contribution in [2.45, 2.75) is 33.2 Å². The predicted molar refractivity (Wildman–Crippen MR) is 124 cm³/mol. The Morgan fingerprint density at radius 3 is 2.48 bits per heavy atom. The maximum Gasteiger partial charge on any atom is 0.272 e. The summed E-state index contributed by atoms with van der Waals surface area (Å²) in [4.78, 5) is 25.7. The second kappa shape index (κ2) is 10.8. The van der Waals surface area contributed by atoms with Crippen LogP contribution in [0.2, 0.25) is 0 Å². The lowest BCUT2D eigenvalue weighted by molar-refractivity contribution is -0.121. The van der Waals surface area contributed by atoms with Crippen molar-refractivity contribution in [3.8, 4) is 11.6 Å². The van der Waals surface area contributed by atoms with Crippen molar-refractivity contribution in [3.05, 3.63) is 77.2 Å². The van der Waals surface area contributed by atoms with Gasteiger partial charge in [-0.05, 0) is 36.1 Å². The molecule has 8 heteroatoms. The number of nitrogens with one attached hydrogen (secondary N) is 2. The molecule has 1 atom stereocenters. The minimum atomic E-state index is -0.560. The minimum absolute atomic E-state index is 0.0521. The second-order valence-electron chi connectivity index (χ2n) is 8.22. The Bertz CT molecular complexity index is 1130. The Labute approximate surface area is 193 Å². The van der Waals surface area contributed by atoms with Crippen LogP contribution in [0.3, 0.4) is 0 Å². The fourth-order valence-corrected chi connectivity index (χ4v) is 3.44. The normalized spacial score (nSPS) is 11.8. The van der Waals surface area contributed by atoms with E-state index in [1.807, 2.05) is 45.0 Å². The van der Waals surface area contributed by atoms with Gasteiger partial charge in [-0.2, -0.15) is 9.78 Å². The molecule has 0 radical (unpaired) electrons. The van der Waals surface area contributed by atoms with Gasteiger partial charge in [-0.3, -0.25) is 9.59 Å². The van der Waals surface area contributed by atoms with E-state index < -0.39 is 17.8 Å². The van der Waals surface area contributed by atoms with Gasteiger partial charge in [-0.25, -0.2) is 4.39 Å². The van der Waals surface area contributed by atoms with Crippen LogP contribution in [0.15, 0.2) is 54.6 Å². The monoisotopic (exact) mass is 452 g/mol. The molecule has 0 aliphatic heterocycles. The molecular formula is C25H29FN4O3. The van der Waals surface area contributed by atoms with E-state index in [2.05, 4.69) is 15.7 Å². The highest BCUT2D eigenvalue weighted by atomic mass is 19.1. The topological polar surface area (TPSA) is 85.2 Å². The van der Waals surface area contributed by atoms with Crippen LogP contribution in [0.5, 0.6) is 5.88 Å². The molecule has 0 fully saturated rings. The molecule has 0 unspecified atom stereocenters. The molecule has 7 nitrogen and oxygen atoms in total. The number of ether oxygens (including phenoxy) is 1. The van der Waals surface area contributed by atoms with E-state index >= 15 is 0 Å². The number of carbonyl (C=O) groups is 2. The number of hydrogen-bond acceptors (Lipinski definition) is 4. The molecule has 0 bridgehead atoms. The van der Waals surface area contributed by atoms with E-state index in [0.717, 1.165) is 11.1 Å². The van der Waals surface area contributed by atoms with E-state index in [0.29, 0.717) is 12.5 Å². The lowest BCUT2D eigenvalue weighted by Crippen LogP contribution is -2.35. The molecule has 1 aromatic heterocycles. The molecule has 0 saturated carbocycles. The molecule has 0 aliphatic rings. The van der Waals surface area contributed by atoms with Crippen LogP contribution >= 0.6 is 0 Å². The van der Waals surface area contributed by atoms with Crippen molar-refractivity contribution >= 4 is 11.8 Å². The van der Waals surface area contributed by atoms with Gasteiger partial charge in [0.2, 0.25) is 11.8 Å². The highest BCUT2D eigenvalue weighted by molar-refractivity contribution is 5.93. The number of hydrogen-bond donors (Lipinski definition) is 2. The van der Waals surface area contributed by atoms with E-state index in [4.69, 9.17) is 4.74 Å². The van der Waals surface area contributed by atoms with E-state index in [9.17, 15) is 14.0 Å². The quantitative estimate of drug-likeness (QED) is 0.515. The van der Waals surface area contributed by atoms with Crippen molar-refractivity contribution in [1.82, 2.24) is 20.4 Å². The standard InChI is InChI=1S/C25H29FN4O3/c1-16(2)15-27-23(31)13-20(18-10-6-5-9-17(18)3)28-25(32)21-14-24(33-4)30(29-21)22-12-8-7-11-19(22)26/h5-12,14,16,20H,13,15H2,1-4H3,(H,27,31)(H,28,32)/t20-/m0/s1. The summed E-state index contributed by atoms with van der Waals surface area (Å²) in [5.41, 5.74) is 2.01. The van der Waals surface area contributed by atoms with Crippen LogP contribution in [-0.2, 0) is 4.79 Å². The number of rotatable bonds is 9. The molecule has 174 valence electrons. The molecule has 2 amide bonds. The highest BCUT2D eigenvalue weighted by Crippen LogP contribution is 2.24. The van der Waals surface area contributed by atoms with Crippen LogP contribution in [0, 0.1) is 18.7 Å². The fraction of sp³-hybridized carbons (Fsp3) is 0.320. The summed E-state index contributed by atoms with van der Waals surface area (Å²) in [5, 5.41) is 10.1. The maximum absolute atomic E-state index is 14.3. The number of methoxy groups -OCH3 is 1. The van der Waals surface area contributed by atoms with E-state index in [1.165, 1.54) is 23.9 Å². The third kappa shape index (κ3) is 5.97. The van der Waals surface area contributed by atoms with Gasteiger partial charge in [0.1, 0.15) is 11.5 Å². The smallest absolute Gasteiger partial charge is 0.272 e. The molecule has 3 rings (SSSR count). The number of benzene rings is 2. The molecular weight excluding hydrogens is 423 g/mol. The van der Waals surface area contributed by atoms with Crippen molar-refractivity contribution in [2.24, 2.45) is 5.92 Å². The zero-order valence-corrected chi connectivity index (χ0v) is 19.3. The van der Waals surface area contributed by atoms with Gasteiger partial charge in [0.05, 0.1) is 19.6 Å². The summed E-state index contributed by atoms with van der Waals surface area (Å²) in [6.45, 7) is 6.51. The Balaban J connectivity index is 1.87. The van der Waals surface area contributed by atoms with Gasteiger partial charge in [-0.1, -0.05) is 50.2 Å². The fourth-order valence-electron chi connectivity index (χ4n) is 3.44. The lowest BCUT2D eigenvalue weighted by Gasteiger charge is -2.20. The first-order valence-corrected chi connectivity index (χ1v) is 10.8. The molecule has 1 heterocycles. The second-order valence-corrected chi connectivity index (χ2v) is 8.22. The Morgan fingerprint density at radius 1 is 1.12 bits per heavy atom. The zero-order chi connectivity index (χ0) is 24.0. The zero-order valence-electron chi connectivity index (χ0n) is 19.3. The summed E-state index contributed by atoms with van der Waals surface area (Å²) >= 11 is 0. The number of aromatic nitrogens is 2. The summed E-state index contributed by atoms with van der Waals surface area (Å²) in [7, 11) is 1.42. The number of para-hydroxylation sites is 1. The molecule has 0 aliphatic carbocycles. The highest BCUT2D eigenvalue weighted by Gasteiger charge is 2.24. The van der Waals surface area contributed by atoms with Crippen LogP contribution < -0.4 is 15.4 Å². The third-order valence-corrected chi connectivity index (χ3v) is 5.17. The molecule has 2 N–H and O–H groups in total. The van der Waals surface area contributed by atoms with Crippen LogP contribution in [-0.4, -0.2) is 35.2 Å². The van der Waals surface area contributed by atoms with Gasteiger partial charge in [0.25, 0.3) is 5.91 Å². The minimum Gasteiger partial charge on any atom is -0.481 e. The molecule has 2 aromatic carbocycles. The molecule has 3 aromatic rings. The molecule has 0 spiro atoms. The Kier molecular flexibility index (Phi) is 7.82. The summed E-state index contributed by atoms with van der Waals surface area (Å²) in [6, 6.07) is 14.5. The Morgan fingerprint density at radius 2 is 1.82 bits per heavy atom. The summed E-state index contributed by atoms with van der Waals surface area (Å²) in [6.07, 6.45) is 0.0778. The molecule has 33 heavy (non-hydrogen) atoms. The lowest BCUT2D eigenvalue weighted by atomic mass is 9.98. The van der Waals surface area contributed by atoms with Crippen LogP contribution in [0.4, 0.5) is 4.39 Å². The number of aryl methyl sites for hydroxylation is 1. The number of amides is 2. The summed E-state index contributed by atoms with van der Waals surface area (Å²) in [5.74, 6) is -0.617. The number of nitrogens with zero attached hydrogens (tertiary/aromatic N) is 2. The van der Waals surface area contributed by atoms with Gasteiger partial charge in [0, 0.05) is 12.6 Å². The van der Waals surface area contributed by atoms with Crippen molar-refractivity contribution in [2.75, 3.05) is 13.7 Å². The number of halogens is 1. The van der Waals surface area contributed by atoms with Gasteiger partial charge in [-0.15, -0.1) is 0 Å². The average Bonchev–Trinajstić information content (AvgIpc) is 3.22. The van der Waals surface area contributed by atoms with Crippen LogP contribution in [0.1, 0.15) is 47.9 Å². The van der Waals surface area contributed by atoms with Gasteiger partial charge in [0.15, 0.2) is 5.69 Å². The largest absolute Gasteiger partial charge is 0.481 e. The number of carbonyl (C=O) groups excluding carboxylic acids is 2. The first-order chi connectivity index (χ1) is 15.8. The van der Waals surface area contributed by atoms with Gasteiger partial charge < -0.3 is 15.4 Å². The average molecular weight is 453 g/mol. The first kappa shape index (κ1) is 24.0.